The van der Waals surface area contributed by atoms with Gasteiger partial charge in [0.05, 0.1) is 10.3 Å². The van der Waals surface area contributed by atoms with Gasteiger partial charge < -0.3 is 10.6 Å². The summed E-state index contributed by atoms with van der Waals surface area (Å²) in [6, 6.07) is 2.95. The highest BCUT2D eigenvalue weighted by Gasteiger charge is 2.27. The summed E-state index contributed by atoms with van der Waals surface area (Å²) in [5, 5.41) is 16.5. The molecular weight excluding hydrogens is 260 g/mol. The molecule has 7 nitrogen and oxygen atoms in total. The smallest absolute Gasteiger partial charge is 0.290 e. The summed E-state index contributed by atoms with van der Waals surface area (Å²) >= 11 is 0. The lowest BCUT2D eigenvalue weighted by Gasteiger charge is -2.23. The molecule has 0 unspecified atom stereocenters. The van der Waals surface area contributed by atoms with Gasteiger partial charge in [0.2, 0.25) is 5.91 Å². The number of aryl methyl sites for hydroxylation is 1. The summed E-state index contributed by atoms with van der Waals surface area (Å²) in [4.78, 5) is 26.2. The molecule has 0 bridgehead atoms. The Labute approximate surface area is 117 Å². The van der Waals surface area contributed by atoms with Gasteiger partial charge in [-0.3, -0.25) is 14.9 Å². The van der Waals surface area contributed by atoms with Gasteiger partial charge in [0.1, 0.15) is 11.5 Å². The molecule has 1 aromatic rings. The van der Waals surface area contributed by atoms with Crippen molar-refractivity contribution in [3.05, 3.63) is 27.9 Å². The lowest BCUT2D eigenvalue weighted by Crippen LogP contribution is -2.41. The Hall–Kier alpha value is -2.18. The molecule has 1 aromatic heterocycles. The number of amides is 1. The summed E-state index contributed by atoms with van der Waals surface area (Å²) in [5.41, 5.74) is -0.262. The van der Waals surface area contributed by atoms with Gasteiger partial charge in [-0.05, 0) is 33.8 Å². The molecule has 0 spiro atoms. The fourth-order valence-corrected chi connectivity index (χ4v) is 1.64. The number of nitrogens with zero attached hydrogens (tertiary/aromatic N) is 2. The summed E-state index contributed by atoms with van der Waals surface area (Å²) in [7, 11) is 0. The van der Waals surface area contributed by atoms with Gasteiger partial charge in [-0.15, -0.1) is 0 Å². The standard InChI is InChI=1S/C13H20N4O3/c1-5-14-12(18)13(3,4)8-15-11-7-6-10(17(19)20)9(2)16-11/h6-7H,5,8H2,1-4H3,(H,14,18)(H,15,16). The van der Waals surface area contributed by atoms with Crippen LogP contribution in [0.5, 0.6) is 0 Å². The van der Waals surface area contributed by atoms with Gasteiger partial charge in [-0.1, -0.05) is 0 Å². The first-order valence-electron chi connectivity index (χ1n) is 6.42. The van der Waals surface area contributed by atoms with Crippen LogP contribution in [-0.2, 0) is 4.79 Å². The van der Waals surface area contributed by atoms with Gasteiger partial charge in [0.25, 0.3) is 5.69 Å². The van der Waals surface area contributed by atoms with E-state index in [0.29, 0.717) is 24.6 Å². The van der Waals surface area contributed by atoms with Crippen LogP contribution in [0.15, 0.2) is 12.1 Å². The Kier molecular flexibility index (Phi) is 5.01. The van der Waals surface area contributed by atoms with E-state index >= 15 is 0 Å². The Morgan fingerprint density at radius 3 is 2.60 bits per heavy atom. The summed E-state index contributed by atoms with van der Waals surface area (Å²) < 4.78 is 0. The Balaban J connectivity index is 2.73. The van der Waals surface area contributed by atoms with E-state index in [4.69, 9.17) is 0 Å². The number of nitrogens with one attached hydrogen (secondary N) is 2. The van der Waals surface area contributed by atoms with Crippen molar-refractivity contribution in [2.45, 2.75) is 27.7 Å². The molecule has 1 heterocycles. The van der Waals surface area contributed by atoms with Crippen molar-refractivity contribution >= 4 is 17.4 Å². The summed E-state index contributed by atoms with van der Waals surface area (Å²) in [6.45, 7) is 8.06. The highest BCUT2D eigenvalue weighted by Crippen LogP contribution is 2.20. The van der Waals surface area contributed by atoms with Crippen molar-refractivity contribution in [1.82, 2.24) is 10.3 Å². The highest BCUT2D eigenvalue weighted by atomic mass is 16.6. The Morgan fingerprint density at radius 2 is 2.10 bits per heavy atom. The van der Waals surface area contributed by atoms with E-state index in [1.165, 1.54) is 6.07 Å². The van der Waals surface area contributed by atoms with E-state index in [0.717, 1.165) is 0 Å². The van der Waals surface area contributed by atoms with Gasteiger partial charge >= 0.3 is 0 Å². The lowest BCUT2D eigenvalue weighted by molar-refractivity contribution is -0.385. The molecule has 1 amide bonds. The molecule has 2 N–H and O–H groups in total. The van der Waals surface area contributed by atoms with Crippen LogP contribution in [0.1, 0.15) is 26.5 Å². The molecule has 0 aliphatic rings. The number of anilines is 1. The van der Waals surface area contributed by atoms with Crippen molar-refractivity contribution in [1.29, 1.82) is 0 Å². The average molecular weight is 280 g/mol. The second-order valence-corrected chi connectivity index (χ2v) is 5.16. The topological polar surface area (TPSA) is 97.2 Å². The number of pyridine rings is 1. The van der Waals surface area contributed by atoms with Crippen molar-refractivity contribution in [3.8, 4) is 0 Å². The molecule has 110 valence electrons. The molecule has 0 aromatic carbocycles. The molecule has 0 fully saturated rings. The minimum Gasteiger partial charge on any atom is -0.369 e. The van der Waals surface area contributed by atoms with Crippen molar-refractivity contribution in [2.75, 3.05) is 18.4 Å². The van der Waals surface area contributed by atoms with Crippen LogP contribution >= 0.6 is 0 Å². The molecule has 1 rings (SSSR count). The normalized spacial score (nSPS) is 11.0. The van der Waals surface area contributed by atoms with Crippen molar-refractivity contribution in [2.24, 2.45) is 5.41 Å². The van der Waals surface area contributed by atoms with Crippen LogP contribution < -0.4 is 10.6 Å². The first-order valence-corrected chi connectivity index (χ1v) is 6.42. The Bertz CT molecular complexity index is 514. The third kappa shape index (κ3) is 3.91. The van der Waals surface area contributed by atoms with Gasteiger partial charge in [0, 0.05) is 19.2 Å². The first-order chi connectivity index (χ1) is 9.27. The number of aromatic nitrogens is 1. The maximum atomic E-state index is 11.8. The fourth-order valence-electron chi connectivity index (χ4n) is 1.64. The molecule has 7 heteroatoms. The molecule has 0 radical (unpaired) electrons. The summed E-state index contributed by atoms with van der Waals surface area (Å²) in [5.74, 6) is 0.469. The van der Waals surface area contributed by atoms with Crippen molar-refractivity contribution in [3.63, 3.8) is 0 Å². The number of hydrogen-bond acceptors (Lipinski definition) is 5. The predicted octanol–water partition coefficient (Wildman–Crippen LogP) is 1.87. The second-order valence-electron chi connectivity index (χ2n) is 5.16. The second kappa shape index (κ2) is 6.31. The zero-order valence-corrected chi connectivity index (χ0v) is 12.2. The lowest BCUT2D eigenvalue weighted by atomic mass is 9.92. The number of hydrogen-bond donors (Lipinski definition) is 2. The molecule has 0 aliphatic heterocycles. The van der Waals surface area contributed by atoms with E-state index in [-0.39, 0.29) is 11.6 Å². The molecule has 0 saturated heterocycles. The quantitative estimate of drug-likeness (QED) is 0.612. The Morgan fingerprint density at radius 1 is 1.45 bits per heavy atom. The van der Waals surface area contributed by atoms with Gasteiger partial charge in [-0.2, -0.15) is 0 Å². The number of carbonyl (C=O) groups is 1. The largest absolute Gasteiger partial charge is 0.369 e. The SMILES string of the molecule is CCNC(=O)C(C)(C)CNc1ccc([N+](=O)[O-])c(C)n1. The molecule has 0 saturated carbocycles. The number of carbonyl (C=O) groups excluding carboxylic acids is 1. The fraction of sp³-hybridized carbons (Fsp3) is 0.538. The average Bonchev–Trinajstić information content (AvgIpc) is 2.36. The van der Waals surface area contributed by atoms with Gasteiger partial charge in [0.15, 0.2) is 0 Å². The maximum Gasteiger partial charge on any atom is 0.290 e. The third-order valence-corrected chi connectivity index (χ3v) is 2.92. The van der Waals surface area contributed by atoms with E-state index in [1.54, 1.807) is 13.0 Å². The first kappa shape index (κ1) is 15.9. The number of rotatable bonds is 6. The van der Waals surface area contributed by atoms with Crippen molar-refractivity contribution < 1.29 is 9.72 Å². The summed E-state index contributed by atoms with van der Waals surface area (Å²) in [6.07, 6.45) is 0. The van der Waals surface area contributed by atoms with Crippen LogP contribution in [0.2, 0.25) is 0 Å². The zero-order valence-electron chi connectivity index (χ0n) is 12.2. The van der Waals surface area contributed by atoms with E-state index in [1.807, 2.05) is 20.8 Å². The van der Waals surface area contributed by atoms with Crippen LogP contribution in [0.4, 0.5) is 11.5 Å². The minimum absolute atomic E-state index is 0.0152. The predicted molar refractivity (Wildman–Crippen MR) is 76.6 cm³/mol. The van der Waals surface area contributed by atoms with Crippen LogP contribution in [0, 0.1) is 22.5 Å². The van der Waals surface area contributed by atoms with E-state index < -0.39 is 10.3 Å². The van der Waals surface area contributed by atoms with Crippen LogP contribution in [0.3, 0.4) is 0 Å². The molecular formula is C13H20N4O3. The third-order valence-electron chi connectivity index (χ3n) is 2.92. The molecule has 20 heavy (non-hydrogen) atoms. The monoisotopic (exact) mass is 280 g/mol. The molecule has 0 aliphatic carbocycles. The molecule has 0 atom stereocenters. The van der Waals surface area contributed by atoms with Crippen LogP contribution in [0.25, 0.3) is 0 Å². The maximum absolute atomic E-state index is 11.8. The number of nitro groups is 1. The van der Waals surface area contributed by atoms with E-state index in [2.05, 4.69) is 15.6 Å². The van der Waals surface area contributed by atoms with Gasteiger partial charge in [-0.25, -0.2) is 4.98 Å². The zero-order chi connectivity index (χ0) is 15.3. The highest BCUT2D eigenvalue weighted by molar-refractivity contribution is 5.82. The van der Waals surface area contributed by atoms with Crippen LogP contribution in [-0.4, -0.2) is 28.9 Å². The minimum atomic E-state index is -0.590. The van der Waals surface area contributed by atoms with E-state index in [9.17, 15) is 14.9 Å².